The van der Waals surface area contributed by atoms with Crippen LogP contribution in [-0.4, -0.2) is 20.8 Å². The Hall–Kier alpha value is -1.77. The van der Waals surface area contributed by atoms with E-state index >= 15 is 0 Å². The predicted molar refractivity (Wildman–Crippen MR) is 54.8 cm³/mol. The fourth-order valence-electron chi connectivity index (χ4n) is 1.16. The molecule has 1 amide bonds. The van der Waals surface area contributed by atoms with Gasteiger partial charge in [-0.15, -0.1) is 0 Å². The molecule has 2 N–H and O–H groups in total. The van der Waals surface area contributed by atoms with Crippen LogP contribution in [-0.2, 0) is 16.0 Å². The molecule has 9 heteroatoms. The third kappa shape index (κ3) is 3.36. The second-order valence-corrected chi connectivity index (χ2v) is 5.36. The van der Waals surface area contributed by atoms with Gasteiger partial charge in [-0.25, -0.2) is 13.2 Å². The number of alkyl halides is 3. The molecule has 0 saturated carbocycles. The number of benzene rings is 1. The number of primary amides is 1. The second kappa shape index (κ2) is 4.48. The summed E-state index contributed by atoms with van der Waals surface area (Å²) >= 11 is 0. The summed E-state index contributed by atoms with van der Waals surface area (Å²) in [6.07, 6.45) is -5.53. The number of ether oxygens (including phenoxy) is 1. The first-order valence-corrected chi connectivity index (χ1v) is 6.29. The highest BCUT2D eigenvalue weighted by molar-refractivity contribution is 7.90. The van der Waals surface area contributed by atoms with Gasteiger partial charge in [0.2, 0.25) is 0 Å². The molecule has 0 unspecified atom stereocenters. The number of halogens is 3. The van der Waals surface area contributed by atoms with E-state index in [1.165, 1.54) is 0 Å². The minimum Gasteiger partial charge on any atom is -0.410 e. The minimum absolute atomic E-state index is 0.383. The van der Waals surface area contributed by atoms with Crippen LogP contribution in [0.3, 0.4) is 0 Å². The maximum absolute atomic E-state index is 12.6. The molecular formula is C9H8F3NO4S. The van der Waals surface area contributed by atoms with Crippen LogP contribution in [0.1, 0.15) is 5.56 Å². The van der Waals surface area contributed by atoms with Crippen molar-refractivity contribution in [3.8, 4) is 5.75 Å². The average molecular weight is 283 g/mol. The number of nitrogens with two attached hydrogens (primary N) is 1. The van der Waals surface area contributed by atoms with Gasteiger partial charge >= 0.3 is 12.3 Å². The highest BCUT2D eigenvalue weighted by Gasteiger charge is 2.36. The molecule has 0 radical (unpaired) electrons. The Kier molecular flexibility index (Phi) is 3.56. The SMILES string of the molecule is CS(=O)(=O)c1ccc(OC(N)=O)c(C(F)(F)F)c1. The van der Waals surface area contributed by atoms with Gasteiger partial charge in [-0.05, 0) is 18.2 Å². The average Bonchev–Trinajstić information content (AvgIpc) is 2.13. The molecule has 5 nitrogen and oxygen atoms in total. The zero-order valence-corrected chi connectivity index (χ0v) is 9.80. The zero-order chi connectivity index (χ0) is 14.1. The summed E-state index contributed by atoms with van der Waals surface area (Å²) in [5.41, 5.74) is 3.23. The standard InChI is InChI=1S/C9H8F3NO4S/c1-18(15,16)5-2-3-7(17-8(13)14)6(4-5)9(10,11)12/h2-4H,1H3,(H2,13,14). The molecule has 1 aromatic rings. The first kappa shape index (κ1) is 14.3. The molecule has 1 rings (SSSR count). The van der Waals surface area contributed by atoms with Crippen molar-refractivity contribution in [3.05, 3.63) is 23.8 Å². The van der Waals surface area contributed by atoms with Gasteiger partial charge < -0.3 is 10.5 Å². The van der Waals surface area contributed by atoms with E-state index in [0.29, 0.717) is 6.07 Å². The second-order valence-electron chi connectivity index (χ2n) is 3.35. The predicted octanol–water partition coefficient (Wildman–Crippen LogP) is 1.57. The Balaban J connectivity index is 3.44. The van der Waals surface area contributed by atoms with Crippen molar-refractivity contribution < 1.29 is 31.1 Å². The van der Waals surface area contributed by atoms with E-state index in [1.807, 2.05) is 0 Å². The summed E-state index contributed by atoms with van der Waals surface area (Å²) in [6.45, 7) is 0. The van der Waals surface area contributed by atoms with Gasteiger partial charge in [-0.1, -0.05) is 0 Å². The number of carbonyl (C=O) groups excluding carboxylic acids is 1. The molecule has 0 heterocycles. The van der Waals surface area contributed by atoms with Crippen molar-refractivity contribution in [1.29, 1.82) is 0 Å². The van der Waals surface area contributed by atoms with Crippen LogP contribution >= 0.6 is 0 Å². The van der Waals surface area contributed by atoms with E-state index in [0.717, 1.165) is 18.4 Å². The quantitative estimate of drug-likeness (QED) is 0.892. The van der Waals surface area contributed by atoms with E-state index < -0.39 is 38.3 Å². The lowest BCUT2D eigenvalue weighted by atomic mass is 10.2. The molecule has 0 spiro atoms. The molecule has 0 aliphatic heterocycles. The lowest BCUT2D eigenvalue weighted by molar-refractivity contribution is -0.138. The Labute approximate surface area is 100 Å². The number of hydrogen-bond acceptors (Lipinski definition) is 4. The summed E-state index contributed by atoms with van der Waals surface area (Å²) in [4.78, 5) is 9.91. The minimum atomic E-state index is -4.87. The fourth-order valence-corrected chi connectivity index (χ4v) is 1.81. The van der Waals surface area contributed by atoms with Crippen LogP contribution in [0.2, 0.25) is 0 Å². The van der Waals surface area contributed by atoms with Crippen LogP contribution in [0, 0.1) is 0 Å². The smallest absolute Gasteiger partial charge is 0.410 e. The molecule has 0 fully saturated rings. The number of rotatable bonds is 2. The highest BCUT2D eigenvalue weighted by Crippen LogP contribution is 2.37. The third-order valence-corrected chi connectivity index (χ3v) is 3.01. The molecule has 18 heavy (non-hydrogen) atoms. The normalized spacial score (nSPS) is 12.2. The number of carbonyl (C=O) groups is 1. The van der Waals surface area contributed by atoms with E-state index in [4.69, 9.17) is 0 Å². The van der Waals surface area contributed by atoms with Gasteiger partial charge in [0, 0.05) is 6.26 Å². The van der Waals surface area contributed by atoms with E-state index in [1.54, 1.807) is 0 Å². The largest absolute Gasteiger partial charge is 0.420 e. The van der Waals surface area contributed by atoms with E-state index in [2.05, 4.69) is 10.5 Å². The third-order valence-electron chi connectivity index (χ3n) is 1.90. The molecule has 0 bridgehead atoms. The first-order chi connectivity index (χ1) is 8.01. The molecule has 100 valence electrons. The topological polar surface area (TPSA) is 86.5 Å². The molecule has 0 aromatic heterocycles. The highest BCUT2D eigenvalue weighted by atomic mass is 32.2. The van der Waals surface area contributed by atoms with Crippen molar-refractivity contribution in [3.63, 3.8) is 0 Å². The molecule has 0 aliphatic carbocycles. The van der Waals surface area contributed by atoms with Crippen LogP contribution < -0.4 is 10.5 Å². The van der Waals surface area contributed by atoms with Gasteiger partial charge in [-0.3, -0.25) is 0 Å². The number of sulfone groups is 1. The van der Waals surface area contributed by atoms with Gasteiger partial charge in [0.1, 0.15) is 5.75 Å². The first-order valence-electron chi connectivity index (χ1n) is 4.40. The van der Waals surface area contributed by atoms with Crippen LogP contribution in [0.5, 0.6) is 5.75 Å². The summed E-state index contributed by atoms with van der Waals surface area (Å²) in [5, 5.41) is 0. The van der Waals surface area contributed by atoms with Crippen molar-refractivity contribution in [2.75, 3.05) is 6.26 Å². The molecule has 0 saturated heterocycles. The van der Waals surface area contributed by atoms with E-state index in [9.17, 15) is 26.4 Å². The zero-order valence-electron chi connectivity index (χ0n) is 8.98. The summed E-state index contributed by atoms with van der Waals surface area (Å²) in [7, 11) is -3.80. The molecular weight excluding hydrogens is 275 g/mol. The van der Waals surface area contributed by atoms with Crippen molar-refractivity contribution in [2.45, 2.75) is 11.1 Å². The number of hydrogen-bond donors (Lipinski definition) is 1. The maximum Gasteiger partial charge on any atom is 0.420 e. The Morgan fingerprint density at radius 1 is 1.33 bits per heavy atom. The van der Waals surface area contributed by atoms with Crippen LogP contribution in [0.25, 0.3) is 0 Å². The van der Waals surface area contributed by atoms with Crippen LogP contribution in [0.15, 0.2) is 23.1 Å². The molecule has 0 aliphatic rings. The van der Waals surface area contributed by atoms with Gasteiger partial charge in [0.05, 0.1) is 10.5 Å². The molecule has 0 atom stereocenters. The molecule has 1 aromatic carbocycles. The van der Waals surface area contributed by atoms with Crippen molar-refractivity contribution in [1.82, 2.24) is 0 Å². The fraction of sp³-hybridized carbons (Fsp3) is 0.222. The van der Waals surface area contributed by atoms with Crippen molar-refractivity contribution >= 4 is 15.9 Å². The summed E-state index contributed by atoms with van der Waals surface area (Å²) in [6, 6.07) is 2.00. The maximum atomic E-state index is 12.6. The van der Waals surface area contributed by atoms with E-state index in [-0.39, 0.29) is 0 Å². The lowest BCUT2D eigenvalue weighted by Crippen LogP contribution is -2.19. The van der Waals surface area contributed by atoms with Crippen LogP contribution in [0.4, 0.5) is 18.0 Å². The van der Waals surface area contributed by atoms with Gasteiger partial charge in [0.15, 0.2) is 9.84 Å². The monoisotopic (exact) mass is 283 g/mol. The lowest BCUT2D eigenvalue weighted by Gasteiger charge is -2.12. The van der Waals surface area contributed by atoms with Gasteiger partial charge in [0.25, 0.3) is 0 Å². The Morgan fingerprint density at radius 3 is 2.28 bits per heavy atom. The van der Waals surface area contributed by atoms with Gasteiger partial charge in [-0.2, -0.15) is 13.2 Å². The van der Waals surface area contributed by atoms with Crippen molar-refractivity contribution in [2.24, 2.45) is 5.73 Å². The Bertz CT molecular complexity index is 580. The Morgan fingerprint density at radius 2 is 1.89 bits per heavy atom. The number of amides is 1. The summed E-state index contributed by atoms with van der Waals surface area (Å²) < 4.78 is 64.4. The summed E-state index contributed by atoms with van der Waals surface area (Å²) in [5.74, 6) is -0.845.